The molecule has 1 saturated carbocycles. The number of ketones is 1. The zero-order valence-electron chi connectivity index (χ0n) is 20.1. The van der Waals surface area contributed by atoms with E-state index in [-0.39, 0.29) is 18.0 Å². The van der Waals surface area contributed by atoms with Crippen molar-refractivity contribution in [2.45, 2.75) is 57.5 Å². The van der Waals surface area contributed by atoms with Gasteiger partial charge in [0.05, 0.1) is 13.1 Å². The van der Waals surface area contributed by atoms with E-state index >= 15 is 0 Å². The highest BCUT2D eigenvalue weighted by Crippen LogP contribution is 2.36. The topological polar surface area (TPSA) is 55.4 Å². The van der Waals surface area contributed by atoms with Crippen molar-refractivity contribution in [2.75, 3.05) is 31.5 Å². The highest BCUT2D eigenvalue weighted by molar-refractivity contribution is 5.97. The number of Topliss-reactive ketones (excluding diaryl/α,β-unsaturated/α-hetero) is 1. The van der Waals surface area contributed by atoms with Crippen LogP contribution in [0.3, 0.4) is 0 Å². The monoisotopic (exact) mass is 461 g/mol. The van der Waals surface area contributed by atoms with Gasteiger partial charge in [-0.25, -0.2) is 4.79 Å². The Morgan fingerprint density at radius 3 is 2.35 bits per heavy atom. The lowest BCUT2D eigenvalue weighted by atomic mass is 9.83. The van der Waals surface area contributed by atoms with Crippen molar-refractivity contribution < 1.29 is 18.8 Å². The Kier molecular flexibility index (Phi) is 7.00. The number of quaternary nitrogens is 1. The fourth-order valence-corrected chi connectivity index (χ4v) is 6.40. The predicted octanol–water partition coefficient (Wildman–Crippen LogP) is 5.85. The zero-order chi connectivity index (χ0) is 23.4. The van der Waals surface area contributed by atoms with E-state index in [0.717, 1.165) is 54.6 Å². The van der Waals surface area contributed by atoms with E-state index in [9.17, 15) is 9.59 Å². The van der Waals surface area contributed by atoms with Crippen molar-refractivity contribution in [1.29, 1.82) is 0 Å². The van der Waals surface area contributed by atoms with Gasteiger partial charge in [-0.2, -0.15) is 0 Å². The van der Waals surface area contributed by atoms with E-state index in [1.165, 1.54) is 37.7 Å². The normalized spacial score (nSPS) is 26.7. The summed E-state index contributed by atoms with van der Waals surface area (Å²) in [6.07, 6.45) is 9.10. The van der Waals surface area contributed by atoms with Crippen molar-refractivity contribution in [1.82, 2.24) is 0 Å². The minimum atomic E-state index is -0.359. The highest BCUT2D eigenvalue weighted by Gasteiger charge is 2.48. The quantitative estimate of drug-likeness (QED) is 0.416. The van der Waals surface area contributed by atoms with Crippen LogP contribution in [0.4, 0.5) is 10.5 Å². The molecule has 34 heavy (non-hydrogen) atoms. The third-order valence-corrected chi connectivity index (χ3v) is 8.36. The summed E-state index contributed by atoms with van der Waals surface area (Å²) in [6.45, 7) is 3.21. The van der Waals surface area contributed by atoms with Gasteiger partial charge in [-0.3, -0.25) is 10.1 Å². The van der Waals surface area contributed by atoms with Crippen molar-refractivity contribution in [3.05, 3.63) is 65.7 Å². The Hall–Kier alpha value is -2.66. The summed E-state index contributed by atoms with van der Waals surface area (Å²) < 4.78 is 6.75. The summed E-state index contributed by atoms with van der Waals surface area (Å²) in [6, 6.07) is 17.7. The van der Waals surface area contributed by atoms with Gasteiger partial charge in [0.1, 0.15) is 13.1 Å². The first-order valence-corrected chi connectivity index (χ1v) is 13.1. The van der Waals surface area contributed by atoms with E-state index in [1.54, 1.807) is 0 Å². The van der Waals surface area contributed by atoms with Crippen LogP contribution in [0.1, 0.15) is 60.9 Å². The molecule has 3 heterocycles. The maximum atomic E-state index is 12.9. The van der Waals surface area contributed by atoms with Crippen LogP contribution in [0.25, 0.3) is 0 Å². The van der Waals surface area contributed by atoms with Crippen LogP contribution in [0.15, 0.2) is 54.6 Å². The first-order valence-electron chi connectivity index (χ1n) is 13.1. The molecule has 0 unspecified atom stereocenters. The molecule has 1 aliphatic carbocycles. The van der Waals surface area contributed by atoms with Crippen LogP contribution in [0.5, 0.6) is 0 Å². The largest absolute Gasteiger partial charge is 0.440 e. The zero-order valence-corrected chi connectivity index (χ0v) is 20.1. The van der Waals surface area contributed by atoms with Crippen LogP contribution in [0, 0.1) is 11.8 Å². The van der Waals surface area contributed by atoms with E-state index in [4.69, 9.17) is 4.74 Å². The molecule has 180 valence electrons. The number of amides is 1. The highest BCUT2D eigenvalue weighted by atomic mass is 16.6. The Balaban J connectivity index is 1.20. The van der Waals surface area contributed by atoms with Crippen molar-refractivity contribution >= 4 is 17.6 Å². The molecule has 1 atom stereocenters. The van der Waals surface area contributed by atoms with Crippen LogP contribution >= 0.6 is 0 Å². The Morgan fingerprint density at radius 1 is 0.882 bits per heavy atom. The van der Waals surface area contributed by atoms with Gasteiger partial charge >= 0.3 is 6.09 Å². The standard InChI is InChI=1S/C29H36N2O3/c32-27(23-11-5-2-6-12-23)20-31-17-15-24(16-18-31)28(21-31)34-29(33)30-26-14-8-7-13-25(26)19-22-9-3-1-4-10-22/h2,5-8,11-14,22,24,28H,1,3-4,9-10,15-21H2/p+1/t24?,28-,31?/m0/s1. The molecule has 1 amide bonds. The molecule has 3 saturated heterocycles. The van der Waals surface area contributed by atoms with Gasteiger partial charge in [-0.1, -0.05) is 80.6 Å². The second-order valence-corrected chi connectivity index (χ2v) is 10.7. The van der Waals surface area contributed by atoms with Crippen LogP contribution < -0.4 is 5.32 Å². The van der Waals surface area contributed by atoms with Crippen LogP contribution in [-0.4, -0.2) is 48.6 Å². The third kappa shape index (κ3) is 5.35. The number of para-hydroxylation sites is 1. The maximum absolute atomic E-state index is 12.9. The number of hydrogen-bond donors (Lipinski definition) is 1. The molecule has 5 nitrogen and oxygen atoms in total. The van der Waals surface area contributed by atoms with Crippen molar-refractivity contribution in [3.8, 4) is 0 Å². The van der Waals surface area contributed by atoms with E-state index in [1.807, 2.05) is 42.5 Å². The van der Waals surface area contributed by atoms with Crippen LogP contribution in [-0.2, 0) is 11.2 Å². The molecule has 0 aromatic heterocycles. The SMILES string of the molecule is O=C(Nc1ccccc1CC1CCCCC1)O[C@H]1C[N+]2(CC(=O)c3ccccc3)CCC1CC2. The minimum Gasteiger partial charge on any atom is -0.440 e. The number of fused-ring (bicyclic) bond motifs is 3. The number of hydrogen-bond acceptors (Lipinski definition) is 3. The lowest BCUT2D eigenvalue weighted by molar-refractivity contribution is -0.938. The molecule has 5 heteroatoms. The molecule has 2 bridgehead atoms. The molecule has 2 aromatic carbocycles. The first kappa shape index (κ1) is 23.1. The van der Waals surface area contributed by atoms with Crippen molar-refractivity contribution in [2.24, 2.45) is 11.8 Å². The summed E-state index contributed by atoms with van der Waals surface area (Å²) in [5.74, 6) is 1.29. The molecule has 0 spiro atoms. The van der Waals surface area contributed by atoms with Gasteiger partial charge in [-0.15, -0.1) is 0 Å². The molecule has 0 radical (unpaired) electrons. The second kappa shape index (κ2) is 10.3. The number of nitrogens with zero attached hydrogens (tertiary/aromatic N) is 1. The Bertz CT molecular complexity index is 991. The molecule has 6 rings (SSSR count). The average Bonchev–Trinajstić information content (AvgIpc) is 2.87. The number of benzene rings is 2. The number of carbonyl (C=O) groups excluding carboxylic acids is 2. The predicted molar refractivity (Wildman–Crippen MR) is 134 cm³/mol. The molecule has 1 N–H and O–H groups in total. The lowest BCUT2D eigenvalue weighted by Gasteiger charge is -2.51. The molecule has 2 aromatic rings. The second-order valence-electron chi connectivity index (χ2n) is 10.7. The summed E-state index contributed by atoms with van der Waals surface area (Å²) in [5, 5.41) is 3.05. The number of rotatable bonds is 7. The van der Waals surface area contributed by atoms with Gasteiger partial charge in [0.25, 0.3) is 0 Å². The van der Waals surface area contributed by atoms with E-state index in [0.29, 0.717) is 18.4 Å². The molecule has 4 aliphatic rings. The number of piperidine rings is 3. The van der Waals surface area contributed by atoms with Gasteiger partial charge in [0, 0.05) is 30.0 Å². The number of anilines is 1. The molecule has 3 aliphatic heterocycles. The van der Waals surface area contributed by atoms with Crippen molar-refractivity contribution in [3.63, 3.8) is 0 Å². The molecular weight excluding hydrogens is 424 g/mol. The number of carbonyl (C=O) groups is 2. The fraction of sp³-hybridized carbons (Fsp3) is 0.517. The van der Waals surface area contributed by atoms with Gasteiger partial charge in [-0.05, 0) is 24.0 Å². The average molecular weight is 462 g/mol. The Morgan fingerprint density at radius 2 is 1.59 bits per heavy atom. The molecule has 4 fully saturated rings. The number of ether oxygens (including phenoxy) is 1. The lowest BCUT2D eigenvalue weighted by Crippen LogP contribution is -2.65. The van der Waals surface area contributed by atoms with E-state index < -0.39 is 0 Å². The summed E-state index contributed by atoms with van der Waals surface area (Å²) in [5.41, 5.74) is 2.85. The fourth-order valence-electron chi connectivity index (χ4n) is 6.40. The summed E-state index contributed by atoms with van der Waals surface area (Å²) in [7, 11) is 0. The van der Waals surface area contributed by atoms with Gasteiger partial charge in [0.2, 0.25) is 5.78 Å². The minimum absolute atomic E-state index is 0.128. The maximum Gasteiger partial charge on any atom is 0.412 e. The number of nitrogens with one attached hydrogen (secondary N) is 1. The summed E-state index contributed by atoms with van der Waals surface area (Å²) in [4.78, 5) is 25.9. The van der Waals surface area contributed by atoms with Gasteiger partial charge < -0.3 is 9.22 Å². The van der Waals surface area contributed by atoms with Gasteiger partial charge in [0.15, 0.2) is 6.10 Å². The smallest absolute Gasteiger partial charge is 0.412 e. The first-order chi connectivity index (χ1) is 16.6. The van der Waals surface area contributed by atoms with E-state index in [2.05, 4.69) is 17.4 Å². The Labute approximate surface area is 203 Å². The molecular formula is C29H37N2O3+. The van der Waals surface area contributed by atoms with Crippen LogP contribution in [0.2, 0.25) is 0 Å². The third-order valence-electron chi connectivity index (χ3n) is 8.36. The summed E-state index contributed by atoms with van der Waals surface area (Å²) >= 11 is 0.